The zero-order valence-electron chi connectivity index (χ0n) is 23.0. The van der Waals surface area contributed by atoms with Crippen molar-refractivity contribution in [3.8, 4) is 0 Å². The number of piperidine rings is 1. The predicted octanol–water partition coefficient (Wildman–Crippen LogP) is 4.11. The molecule has 2 aromatic carbocycles. The summed E-state index contributed by atoms with van der Waals surface area (Å²) in [5.41, 5.74) is 5.02. The molecule has 3 aliphatic rings. The minimum atomic E-state index is -3.90. The van der Waals surface area contributed by atoms with E-state index in [1.54, 1.807) is 17.9 Å². The van der Waals surface area contributed by atoms with E-state index in [2.05, 4.69) is 52.9 Å². The number of fused-ring (bicyclic) bond motifs is 1. The van der Waals surface area contributed by atoms with E-state index in [1.165, 1.54) is 21.1 Å². The van der Waals surface area contributed by atoms with Gasteiger partial charge in [-0.3, -0.25) is 9.59 Å². The van der Waals surface area contributed by atoms with E-state index in [4.69, 9.17) is 0 Å². The van der Waals surface area contributed by atoms with Gasteiger partial charge in [-0.2, -0.15) is 4.31 Å². The van der Waals surface area contributed by atoms with Gasteiger partial charge in [0.25, 0.3) is 0 Å². The number of halogens is 1. The van der Waals surface area contributed by atoms with Crippen LogP contribution in [-0.4, -0.2) is 75.3 Å². The van der Waals surface area contributed by atoms with Gasteiger partial charge in [0.05, 0.1) is 11.6 Å². The molecule has 1 atom stereocenters. The lowest BCUT2D eigenvalue weighted by molar-refractivity contribution is -0.137. The fourth-order valence-electron chi connectivity index (χ4n) is 6.09. The summed E-state index contributed by atoms with van der Waals surface area (Å²) in [6, 6.07) is 9.95. The van der Waals surface area contributed by atoms with Crippen molar-refractivity contribution in [1.29, 1.82) is 0 Å². The van der Waals surface area contributed by atoms with Gasteiger partial charge in [0.2, 0.25) is 21.8 Å². The lowest BCUT2D eigenvalue weighted by atomic mass is 9.97. The molecule has 0 bridgehead atoms. The van der Waals surface area contributed by atoms with Crippen molar-refractivity contribution >= 4 is 49.1 Å². The van der Waals surface area contributed by atoms with Crippen LogP contribution < -0.4 is 9.80 Å². The van der Waals surface area contributed by atoms with Gasteiger partial charge in [-0.25, -0.2) is 8.42 Å². The van der Waals surface area contributed by atoms with Crippen LogP contribution in [0.1, 0.15) is 42.9 Å². The van der Waals surface area contributed by atoms with Gasteiger partial charge < -0.3 is 14.7 Å². The zero-order chi connectivity index (χ0) is 27.9. The molecule has 0 aromatic heterocycles. The van der Waals surface area contributed by atoms with Crippen molar-refractivity contribution < 1.29 is 18.0 Å². The van der Waals surface area contributed by atoms with Crippen LogP contribution in [0.4, 0.5) is 11.4 Å². The Balaban J connectivity index is 1.31. The average molecular weight is 618 g/mol. The van der Waals surface area contributed by atoms with Gasteiger partial charge in [0, 0.05) is 62.4 Å². The van der Waals surface area contributed by atoms with Crippen LogP contribution >= 0.6 is 15.9 Å². The second-order valence-corrected chi connectivity index (χ2v) is 13.7. The quantitative estimate of drug-likeness (QED) is 0.505. The third-order valence-corrected chi connectivity index (χ3v) is 10.6. The SMILES string of the molecule is CCC(=O)N1CCc2cc(Br)cc(S(=O)(=O)N3CCCC(C(=O)N4CCN(c5cc(C)ccc5C)CC4)C3)c21. The van der Waals surface area contributed by atoms with E-state index in [-0.39, 0.29) is 29.2 Å². The van der Waals surface area contributed by atoms with Crippen molar-refractivity contribution in [2.24, 2.45) is 5.92 Å². The first-order chi connectivity index (χ1) is 18.6. The molecule has 2 fully saturated rings. The van der Waals surface area contributed by atoms with Crippen LogP contribution in [0.25, 0.3) is 0 Å². The minimum Gasteiger partial charge on any atom is -0.368 e. The number of hydrogen-bond donors (Lipinski definition) is 0. The number of anilines is 2. The Kier molecular flexibility index (Phi) is 8.08. The summed E-state index contributed by atoms with van der Waals surface area (Å²) in [6.07, 6.45) is 2.25. The van der Waals surface area contributed by atoms with E-state index >= 15 is 0 Å². The lowest BCUT2D eigenvalue weighted by Gasteiger charge is -2.40. The van der Waals surface area contributed by atoms with Crippen molar-refractivity contribution in [2.75, 3.05) is 55.6 Å². The Morgan fingerprint density at radius 3 is 2.46 bits per heavy atom. The van der Waals surface area contributed by atoms with Crippen LogP contribution in [0.15, 0.2) is 39.7 Å². The van der Waals surface area contributed by atoms with Crippen LogP contribution in [-0.2, 0) is 26.0 Å². The van der Waals surface area contributed by atoms with E-state index < -0.39 is 10.0 Å². The molecule has 3 heterocycles. The molecule has 1 unspecified atom stereocenters. The summed E-state index contributed by atoms with van der Waals surface area (Å²) < 4.78 is 30.1. The maximum Gasteiger partial charge on any atom is 0.245 e. The van der Waals surface area contributed by atoms with Crippen molar-refractivity contribution in [3.63, 3.8) is 0 Å². The van der Waals surface area contributed by atoms with Gasteiger partial charge in [0.15, 0.2) is 0 Å². The van der Waals surface area contributed by atoms with Gasteiger partial charge in [-0.05, 0) is 68.0 Å². The van der Waals surface area contributed by atoms with Gasteiger partial charge in [-0.15, -0.1) is 0 Å². The van der Waals surface area contributed by atoms with Crippen LogP contribution in [0.3, 0.4) is 0 Å². The summed E-state index contributed by atoms with van der Waals surface area (Å²) in [6.45, 7) is 9.79. The molecule has 39 heavy (non-hydrogen) atoms. The summed E-state index contributed by atoms with van der Waals surface area (Å²) in [4.78, 5) is 32.2. The zero-order valence-corrected chi connectivity index (χ0v) is 25.4. The monoisotopic (exact) mass is 616 g/mol. The highest BCUT2D eigenvalue weighted by Gasteiger charge is 2.39. The average Bonchev–Trinajstić information content (AvgIpc) is 3.37. The first kappa shape index (κ1) is 28.1. The largest absolute Gasteiger partial charge is 0.368 e. The number of amides is 2. The number of hydrogen-bond acceptors (Lipinski definition) is 5. The third kappa shape index (κ3) is 5.47. The molecule has 0 aliphatic carbocycles. The second-order valence-electron chi connectivity index (χ2n) is 10.9. The highest BCUT2D eigenvalue weighted by Crippen LogP contribution is 2.40. The van der Waals surface area contributed by atoms with Crippen LogP contribution in [0.2, 0.25) is 0 Å². The highest BCUT2D eigenvalue weighted by molar-refractivity contribution is 9.10. The topological polar surface area (TPSA) is 81.2 Å². The van der Waals surface area contributed by atoms with Crippen LogP contribution in [0.5, 0.6) is 0 Å². The number of sulfonamides is 1. The molecule has 0 radical (unpaired) electrons. The van der Waals surface area contributed by atoms with Gasteiger partial charge in [-0.1, -0.05) is 35.0 Å². The van der Waals surface area contributed by atoms with E-state index in [9.17, 15) is 18.0 Å². The number of carbonyl (C=O) groups is 2. The second kappa shape index (κ2) is 11.2. The predicted molar refractivity (Wildman–Crippen MR) is 157 cm³/mol. The Hall–Kier alpha value is -2.43. The maximum atomic E-state index is 14.0. The van der Waals surface area contributed by atoms with Crippen LogP contribution in [0, 0.1) is 19.8 Å². The molecule has 0 N–H and O–H groups in total. The number of aryl methyl sites for hydroxylation is 2. The first-order valence-electron chi connectivity index (χ1n) is 13.8. The summed E-state index contributed by atoms with van der Waals surface area (Å²) >= 11 is 3.47. The molecule has 8 nitrogen and oxygen atoms in total. The molecule has 10 heteroatoms. The molecule has 3 aliphatic heterocycles. The number of carbonyl (C=O) groups excluding carboxylic acids is 2. The number of rotatable bonds is 5. The summed E-state index contributed by atoms with van der Waals surface area (Å²) in [7, 11) is -3.90. The summed E-state index contributed by atoms with van der Waals surface area (Å²) in [5, 5.41) is 0. The number of benzene rings is 2. The number of piperazine rings is 1. The third-order valence-electron chi connectivity index (χ3n) is 8.24. The first-order valence-corrected chi connectivity index (χ1v) is 16.1. The standard InChI is InChI=1S/C29H37BrN4O4S/c1-4-27(35)34-11-9-22-17-24(30)18-26(28(22)34)39(37,38)33-10-5-6-23(19-33)29(36)32-14-12-31(13-15-32)25-16-20(2)7-8-21(25)3/h7-8,16-18,23H,4-6,9-15,19H2,1-3H3. The van der Waals surface area contributed by atoms with Crippen molar-refractivity contribution in [3.05, 3.63) is 51.5 Å². The molecule has 2 aromatic rings. The Labute approximate surface area is 240 Å². The normalized spacial score (nSPS) is 20.3. The minimum absolute atomic E-state index is 0.0396. The smallest absolute Gasteiger partial charge is 0.245 e. The Morgan fingerprint density at radius 1 is 1.00 bits per heavy atom. The maximum absolute atomic E-state index is 14.0. The molecule has 5 rings (SSSR count). The Morgan fingerprint density at radius 2 is 1.74 bits per heavy atom. The molecule has 210 valence electrons. The van der Waals surface area contributed by atoms with E-state index in [0.717, 1.165) is 18.7 Å². The lowest BCUT2D eigenvalue weighted by Crippen LogP contribution is -2.53. The van der Waals surface area contributed by atoms with Gasteiger partial charge in [0.1, 0.15) is 4.90 Å². The molecule has 2 amide bonds. The molecule has 2 saturated heterocycles. The molecule has 0 saturated carbocycles. The molecular weight excluding hydrogens is 580 g/mol. The van der Waals surface area contributed by atoms with E-state index in [0.29, 0.717) is 62.0 Å². The van der Waals surface area contributed by atoms with E-state index in [1.807, 2.05) is 11.0 Å². The highest BCUT2D eigenvalue weighted by atomic mass is 79.9. The van der Waals surface area contributed by atoms with Crippen molar-refractivity contribution in [1.82, 2.24) is 9.21 Å². The Bertz CT molecular complexity index is 1390. The summed E-state index contributed by atoms with van der Waals surface area (Å²) in [5.74, 6) is -0.411. The number of nitrogens with zero attached hydrogens (tertiary/aromatic N) is 4. The molecule has 0 spiro atoms. The fourth-order valence-corrected chi connectivity index (χ4v) is 8.54. The van der Waals surface area contributed by atoms with Crippen molar-refractivity contribution in [2.45, 2.75) is 51.3 Å². The fraction of sp³-hybridized carbons (Fsp3) is 0.517. The molecular formula is C29H37BrN4O4S. The van der Waals surface area contributed by atoms with Gasteiger partial charge >= 0.3 is 0 Å².